The molecule has 0 fully saturated rings. The highest BCUT2D eigenvalue weighted by Gasteiger charge is 2.17. The Morgan fingerprint density at radius 1 is 1.24 bits per heavy atom. The van der Waals surface area contributed by atoms with E-state index < -0.39 is 0 Å². The molecule has 21 heavy (non-hydrogen) atoms. The van der Waals surface area contributed by atoms with Gasteiger partial charge in [0.1, 0.15) is 0 Å². The summed E-state index contributed by atoms with van der Waals surface area (Å²) in [5, 5.41) is 0.470. The summed E-state index contributed by atoms with van der Waals surface area (Å²) in [5.74, 6) is 1.05. The molecule has 2 aromatic carbocycles. The molecule has 0 aliphatic carbocycles. The predicted octanol–water partition coefficient (Wildman–Crippen LogP) is 4.73. The number of rotatable bonds is 3. The van der Waals surface area contributed by atoms with Gasteiger partial charge in [0.05, 0.1) is 5.02 Å². The Hall–Kier alpha value is -1.78. The van der Waals surface area contributed by atoms with Crippen molar-refractivity contribution in [1.29, 1.82) is 0 Å². The first kappa shape index (κ1) is 14.2. The van der Waals surface area contributed by atoms with E-state index in [0.29, 0.717) is 22.1 Å². The highest BCUT2D eigenvalue weighted by molar-refractivity contribution is 9.10. The Bertz CT molecular complexity index is 740. The van der Waals surface area contributed by atoms with Gasteiger partial charge in [-0.05, 0) is 35.9 Å². The molecule has 3 rings (SSSR count). The van der Waals surface area contributed by atoms with Gasteiger partial charge in [0.25, 0.3) is 0 Å². The number of ether oxygens (including phenoxy) is 2. The molecular formula is C16H10BrClO3. The summed E-state index contributed by atoms with van der Waals surface area (Å²) in [6.07, 6.45) is 3.21. The molecule has 0 aromatic heterocycles. The molecule has 2 aromatic rings. The van der Waals surface area contributed by atoms with Crippen molar-refractivity contribution in [3.8, 4) is 11.5 Å². The maximum Gasteiger partial charge on any atom is 0.231 e. The molecule has 106 valence electrons. The lowest BCUT2D eigenvalue weighted by molar-refractivity contribution is 0.104. The van der Waals surface area contributed by atoms with E-state index in [1.165, 1.54) is 6.08 Å². The van der Waals surface area contributed by atoms with Crippen molar-refractivity contribution in [3.63, 3.8) is 0 Å². The number of fused-ring (bicyclic) bond motifs is 1. The molecule has 0 atom stereocenters. The fraction of sp³-hybridized carbons (Fsp3) is 0.0625. The zero-order valence-corrected chi connectivity index (χ0v) is 13.1. The molecule has 0 N–H and O–H groups in total. The third-order valence-electron chi connectivity index (χ3n) is 3.02. The molecule has 0 saturated carbocycles. The molecule has 5 heteroatoms. The third kappa shape index (κ3) is 2.96. The van der Waals surface area contributed by atoms with Gasteiger partial charge < -0.3 is 9.47 Å². The molecule has 0 unspecified atom stereocenters. The van der Waals surface area contributed by atoms with Crippen LogP contribution < -0.4 is 9.47 Å². The Balaban J connectivity index is 1.85. The van der Waals surface area contributed by atoms with Gasteiger partial charge in [-0.1, -0.05) is 45.7 Å². The minimum absolute atomic E-state index is 0.0868. The number of benzene rings is 2. The van der Waals surface area contributed by atoms with Crippen molar-refractivity contribution in [3.05, 3.63) is 63.1 Å². The Morgan fingerprint density at radius 3 is 2.86 bits per heavy atom. The van der Waals surface area contributed by atoms with E-state index in [1.807, 2.05) is 18.2 Å². The lowest BCUT2D eigenvalue weighted by atomic mass is 10.1. The highest BCUT2D eigenvalue weighted by atomic mass is 79.9. The van der Waals surface area contributed by atoms with Crippen LogP contribution in [0.15, 0.2) is 46.9 Å². The van der Waals surface area contributed by atoms with Gasteiger partial charge in [-0.15, -0.1) is 0 Å². The fourth-order valence-electron chi connectivity index (χ4n) is 2.01. The smallest absolute Gasteiger partial charge is 0.231 e. The summed E-state index contributed by atoms with van der Waals surface area (Å²) in [6, 6.07) is 10.8. The molecule has 0 saturated heterocycles. The van der Waals surface area contributed by atoms with Crippen LogP contribution in [0.1, 0.15) is 15.9 Å². The average molecular weight is 366 g/mol. The van der Waals surface area contributed by atoms with Crippen LogP contribution in [0.3, 0.4) is 0 Å². The van der Waals surface area contributed by atoms with E-state index >= 15 is 0 Å². The number of ketones is 1. The summed E-state index contributed by atoms with van der Waals surface area (Å²) in [6.45, 7) is 0.165. The summed E-state index contributed by atoms with van der Waals surface area (Å²) in [4.78, 5) is 12.2. The van der Waals surface area contributed by atoms with E-state index in [2.05, 4.69) is 15.9 Å². The van der Waals surface area contributed by atoms with Crippen LogP contribution in [0.25, 0.3) is 6.08 Å². The SMILES string of the molecule is O=C(/C=C/c1cc(Cl)c2c(c1)OCO2)c1ccccc1Br. The number of hydrogen-bond acceptors (Lipinski definition) is 3. The Labute approximate surface area is 135 Å². The molecule has 1 heterocycles. The van der Waals surface area contributed by atoms with Gasteiger partial charge in [-0.3, -0.25) is 4.79 Å². The van der Waals surface area contributed by atoms with Crippen molar-refractivity contribution in [2.24, 2.45) is 0 Å². The first-order valence-corrected chi connectivity index (χ1v) is 7.38. The molecule has 0 bridgehead atoms. The lowest BCUT2D eigenvalue weighted by Gasteiger charge is -2.01. The van der Waals surface area contributed by atoms with Gasteiger partial charge in [-0.25, -0.2) is 0 Å². The standard InChI is InChI=1S/C16H10BrClO3/c17-12-4-2-1-3-11(12)14(19)6-5-10-7-13(18)16-15(8-10)20-9-21-16/h1-8H,9H2/b6-5+. The minimum Gasteiger partial charge on any atom is -0.454 e. The maximum absolute atomic E-state index is 12.2. The second-order valence-electron chi connectivity index (χ2n) is 4.41. The Kier molecular flexibility index (Phi) is 3.99. The van der Waals surface area contributed by atoms with Crippen LogP contribution in [0, 0.1) is 0 Å². The highest BCUT2D eigenvalue weighted by Crippen LogP contribution is 2.40. The zero-order chi connectivity index (χ0) is 14.8. The van der Waals surface area contributed by atoms with Gasteiger partial charge in [0.2, 0.25) is 6.79 Å². The molecule has 0 amide bonds. The third-order valence-corrected chi connectivity index (χ3v) is 3.99. The fourth-order valence-corrected chi connectivity index (χ4v) is 2.76. The van der Waals surface area contributed by atoms with Gasteiger partial charge in [0.15, 0.2) is 17.3 Å². The monoisotopic (exact) mass is 364 g/mol. The molecule has 0 radical (unpaired) electrons. The normalized spacial score (nSPS) is 12.9. The molecule has 3 nitrogen and oxygen atoms in total. The number of hydrogen-bond donors (Lipinski definition) is 0. The zero-order valence-electron chi connectivity index (χ0n) is 10.8. The van der Waals surface area contributed by atoms with E-state index in [0.717, 1.165) is 10.0 Å². The number of halogens is 2. The number of carbonyl (C=O) groups is 1. The van der Waals surface area contributed by atoms with Crippen molar-refractivity contribution < 1.29 is 14.3 Å². The second kappa shape index (κ2) is 5.92. The number of carbonyl (C=O) groups excluding carboxylic acids is 1. The molecular weight excluding hydrogens is 356 g/mol. The van der Waals surface area contributed by atoms with Crippen LogP contribution in [0.2, 0.25) is 5.02 Å². The van der Waals surface area contributed by atoms with E-state index in [1.54, 1.807) is 24.3 Å². The first-order valence-electron chi connectivity index (χ1n) is 6.21. The van der Waals surface area contributed by atoms with E-state index in [9.17, 15) is 4.79 Å². The van der Waals surface area contributed by atoms with E-state index in [4.69, 9.17) is 21.1 Å². The summed E-state index contributed by atoms with van der Waals surface area (Å²) >= 11 is 9.46. The number of allylic oxidation sites excluding steroid dienone is 1. The van der Waals surface area contributed by atoms with Crippen molar-refractivity contribution in [2.45, 2.75) is 0 Å². The summed E-state index contributed by atoms with van der Waals surface area (Å²) in [5.41, 5.74) is 1.39. The van der Waals surface area contributed by atoms with Crippen LogP contribution in [0.4, 0.5) is 0 Å². The van der Waals surface area contributed by atoms with Gasteiger partial charge in [-0.2, -0.15) is 0 Å². The maximum atomic E-state index is 12.2. The second-order valence-corrected chi connectivity index (χ2v) is 5.68. The van der Waals surface area contributed by atoms with Gasteiger partial charge in [0, 0.05) is 10.0 Å². The Morgan fingerprint density at radius 2 is 2.05 bits per heavy atom. The van der Waals surface area contributed by atoms with E-state index in [-0.39, 0.29) is 12.6 Å². The summed E-state index contributed by atoms with van der Waals surface area (Å²) in [7, 11) is 0. The van der Waals surface area contributed by atoms with Crippen LogP contribution in [-0.2, 0) is 0 Å². The van der Waals surface area contributed by atoms with Crippen LogP contribution >= 0.6 is 27.5 Å². The quantitative estimate of drug-likeness (QED) is 0.583. The largest absolute Gasteiger partial charge is 0.454 e. The molecule has 1 aliphatic heterocycles. The van der Waals surface area contributed by atoms with Crippen LogP contribution in [0.5, 0.6) is 11.5 Å². The lowest BCUT2D eigenvalue weighted by Crippen LogP contribution is -1.94. The van der Waals surface area contributed by atoms with Crippen molar-refractivity contribution in [1.82, 2.24) is 0 Å². The molecule has 0 spiro atoms. The minimum atomic E-state index is -0.0868. The van der Waals surface area contributed by atoms with Crippen LogP contribution in [-0.4, -0.2) is 12.6 Å². The molecule has 1 aliphatic rings. The summed E-state index contributed by atoms with van der Waals surface area (Å²) < 4.78 is 11.3. The topological polar surface area (TPSA) is 35.5 Å². The first-order chi connectivity index (χ1) is 10.1. The van der Waals surface area contributed by atoms with Crippen molar-refractivity contribution >= 4 is 39.4 Å². The van der Waals surface area contributed by atoms with Gasteiger partial charge >= 0.3 is 0 Å². The van der Waals surface area contributed by atoms with Crippen molar-refractivity contribution in [2.75, 3.05) is 6.79 Å². The average Bonchev–Trinajstić information content (AvgIpc) is 2.94. The predicted molar refractivity (Wildman–Crippen MR) is 85.1 cm³/mol.